The number of nitrogens with zero attached hydrogens (tertiary/aromatic N) is 3. The smallest absolute Gasteiger partial charge is 0.262 e. The van der Waals surface area contributed by atoms with E-state index in [-0.39, 0.29) is 36.4 Å². The van der Waals surface area contributed by atoms with E-state index in [0.717, 1.165) is 32.7 Å². The van der Waals surface area contributed by atoms with Crippen LogP contribution in [0.5, 0.6) is 5.75 Å². The number of sulfonamides is 1. The van der Waals surface area contributed by atoms with E-state index in [4.69, 9.17) is 4.74 Å². The van der Waals surface area contributed by atoms with Gasteiger partial charge in [0.25, 0.3) is 5.91 Å². The summed E-state index contributed by atoms with van der Waals surface area (Å²) in [5.74, 6) is 4.94. The fourth-order valence-electron chi connectivity index (χ4n) is 3.80. The van der Waals surface area contributed by atoms with Crippen molar-refractivity contribution in [3.05, 3.63) is 24.3 Å². The van der Waals surface area contributed by atoms with E-state index in [1.165, 1.54) is 16.4 Å². The maximum atomic E-state index is 13.6. The molecule has 0 aromatic heterocycles. The number of hydrogen-bond acceptors (Lipinski definition) is 7. The molecule has 1 amide bonds. The maximum absolute atomic E-state index is 13.6. The van der Waals surface area contributed by atoms with Gasteiger partial charge in [0.2, 0.25) is 10.0 Å². The topological polar surface area (TPSA) is 102 Å². The molecule has 1 aliphatic rings. The normalized spacial score (nSPS) is 15.9. The monoisotopic (exact) mass is 516 g/mol. The summed E-state index contributed by atoms with van der Waals surface area (Å²) in [6.07, 6.45) is 0.571. The van der Waals surface area contributed by atoms with Crippen molar-refractivity contribution in [3.8, 4) is 17.6 Å². The first-order valence-electron chi connectivity index (χ1n) is 11.2. The number of hydrogen-bond donors (Lipinski definition) is 2. The molecule has 1 unspecified atom stereocenters. The van der Waals surface area contributed by atoms with E-state index < -0.39 is 22.0 Å². The van der Waals surface area contributed by atoms with Gasteiger partial charge in [0.1, 0.15) is 18.4 Å². The van der Waals surface area contributed by atoms with Crippen molar-refractivity contribution in [2.75, 3.05) is 52.9 Å². The largest absolute Gasteiger partial charge is 0.481 e. The lowest BCUT2D eigenvalue weighted by Crippen LogP contribution is -2.52. The van der Waals surface area contributed by atoms with E-state index >= 15 is 0 Å². The predicted molar refractivity (Wildman–Crippen MR) is 134 cm³/mol. The van der Waals surface area contributed by atoms with E-state index in [2.05, 4.69) is 28.7 Å². The van der Waals surface area contributed by atoms with Crippen LogP contribution in [-0.4, -0.2) is 92.6 Å². The Labute approximate surface area is 209 Å². The molecule has 1 aromatic rings. The Morgan fingerprint density at radius 1 is 1.21 bits per heavy atom. The lowest BCUT2D eigenvalue weighted by atomic mass is 10.0. The Morgan fingerprint density at radius 3 is 2.35 bits per heavy atom. The molecule has 1 aliphatic heterocycles. The summed E-state index contributed by atoms with van der Waals surface area (Å²) in [6.45, 7) is 10.1. The fraction of sp³-hybridized carbons (Fsp3) is 0.609. The number of carbonyl (C=O) groups is 1. The third kappa shape index (κ3) is 8.41. The van der Waals surface area contributed by atoms with Gasteiger partial charge in [-0.3, -0.25) is 10.0 Å². The van der Waals surface area contributed by atoms with Crippen molar-refractivity contribution in [2.24, 2.45) is 5.92 Å². The van der Waals surface area contributed by atoms with Crippen molar-refractivity contribution in [1.82, 2.24) is 19.6 Å². The number of nitrogens with one attached hydrogen (secondary N) is 1. The van der Waals surface area contributed by atoms with Gasteiger partial charge < -0.3 is 14.5 Å². The van der Waals surface area contributed by atoms with Crippen LogP contribution >= 0.6 is 12.4 Å². The molecule has 0 bridgehead atoms. The van der Waals surface area contributed by atoms with Crippen LogP contribution in [0.25, 0.3) is 0 Å². The molecule has 0 spiro atoms. The summed E-state index contributed by atoms with van der Waals surface area (Å²) in [5, 5.41) is 9.27. The molecule has 34 heavy (non-hydrogen) atoms. The highest BCUT2D eigenvalue weighted by Gasteiger charge is 2.37. The zero-order valence-electron chi connectivity index (χ0n) is 20.4. The lowest BCUT2D eigenvalue weighted by molar-refractivity contribution is -0.134. The van der Waals surface area contributed by atoms with Crippen LogP contribution in [0, 0.1) is 17.8 Å². The molecule has 0 aliphatic carbocycles. The van der Waals surface area contributed by atoms with Crippen molar-refractivity contribution < 1.29 is 23.2 Å². The second-order valence-corrected chi connectivity index (χ2v) is 10.4. The summed E-state index contributed by atoms with van der Waals surface area (Å²) >= 11 is 0. The average molecular weight is 517 g/mol. The summed E-state index contributed by atoms with van der Waals surface area (Å²) < 4.78 is 33.8. The van der Waals surface area contributed by atoms with Crippen LogP contribution in [0.2, 0.25) is 0 Å². The number of hydroxylamine groups is 1. The Hall–Kier alpha value is -1.87. The van der Waals surface area contributed by atoms with Gasteiger partial charge in [-0.05, 0) is 57.1 Å². The standard InChI is InChI=1S/C23H36N4O5S.ClH/c1-5-6-18-32-20-8-10-21(11-9-20)33(30,31)27(22(19(2)3)23(28)24-29)13-7-12-26-16-14-25(4)15-17-26;/h8-11,19,22,29H,7,12-18H2,1-4H3,(H,24,28);1H. The zero-order chi connectivity index (χ0) is 24.4. The molecule has 192 valence electrons. The molecular formula is C23H37ClN4O5S. The minimum absolute atomic E-state index is 0. The summed E-state index contributed by atoms with van der Waals surface area (Å²) in [6, 6.07) is 5.03. The van der Waals surface area contributed by atoms with Crippen molar-refractivity contribution in [2.45, 2.75) is 38.1 Å². The second-order valence-electron chi connectivity index (χ2n) is 8.47. The molecule has 1 atom stereocenters. The first-order chi connectivity index (χ1) is 15.7. The Kier molecular flexibility index (Phi) is 12.9. The van der Waals surface area contributed by atoms with Gasteiger partial charge in [-0.2, -0.15) is 4.31 Å². The first-order valence-corrected chi connectivity index (χ1v) is 12.6. The second kappa shape index (κ2) is 14.5. The number of rotatable bonds is 11. The molecule has 0 radical (unpaired) electrons. The van der Waals surface area contributed by atoms with Crippen LogP contribution in [0.3, 0.4) is 0 Å². The van der Waals surface area contributed by atoms with Crippen LogP contribution < -0.4 is 10.2 Å². The van der Waals surface area contributed by atoms with E-state index in [1.807, 2.05) is 0 Å². The van der Waals surface area contributed by atoms with Crippen LogP contribution in [0.15, 0.2) is 29.2 Å². The summed E-state index contributed by atoms with van der Waals surface area (Å²) in [5.41, 5.74) is 1.64. The number of piperazine rings is 1. The van der Waals surface area contributed by atoms with Crippen LogP contribution in [-0.2, 0) is 14.8 Å². The van der Waals surface area contributed by atoms with Gasteiger partial charge in [0.15, 0.2) is 0 Å². The molecule has 2 rings (SSSR count). The van der Waals surface area contributed by atoms with E-state index in [1.54, 1.807) is 38.4 Å². The third-order valence-corrected chi connectivity index (χ3v) is 7.58. The maximum Gasteiger partial charge on any atom is 0.262 e. The van der Waals surface area contributed by atoms with Crippen LogP contribution in [0.4, 0.5) is 0 Å². The Morgan fingerprint density at radius 2 is 1.82 bits per heavy atom. The minimum Gasteiger partial charge on any atom is -0.481 e. The number of benzene rings is 1. The quantitative estimate of drug-likeness (QED) is 0.262. The molecule has 1 fully saturated rings. The number of halogens is 1. The third-order valence-electron chi connectivity index (χ3n) is 5.69. The molecule has 2 N–H and O–H groups in total. The van der Waals surface area contributed by atoms with Crippen molar-refractivity contribution in [3.63, 3.8) is 0 Å². The van der Waals surface area contributed by atoms with Gasteiger partial charge in [0.05, 0.1) is 4.90 Å². The average Bonchev–Trinajstić information content (AvgIpc) is 2.79. The lowest BCUT2D eigenvalue weighted by Gasteiger charge is -2.34. The molecule has 11 heteroatoms. The van der Waals surface area contributed by atoms with Gasteiger partial charge in [-0.15, -0.1) is 18.3 Å². The van der Waals surface area contributed by atoms with Gasteiger partial charge in [-0.1, -0.05) is 19.8 Å². The van der Waals surface area contributed by atoms with E-state index in [9.17, 15) is 18.4 Å². The Balaban J connectivity index is 0.00000578. The molecular weight excluding hydrogens is 480 g/mol. The zero-order valence-corrected chi connectivity index (χ0v) is 22.0. The summed E-state index contributed by atoms with van der Waals surface area (Å²) in [7, 11) is -1.92. The first kappa shape index (κ1) is 30.2. The number of amides is 1. The van der Waals surface area contributed by atoms with E-state index in [0.29, 0.717) is 12.2 Å². The van der Waals surface area contributed by atoms with Crippen molar-refractivity contribution >= 4 is 28.3 Å². The van der Waals surface area contributed by atoms with Gasteiger partial charge >= 0.3 is 0 Å². The molecule has 1 saturated heterocycles. The highest BCUT2D eigenvalue weighted by molar-refractivity contribution is 7.89. The predicted octanol–water partition coefficient (Wildman–Crippen LogP) is 1.67. The molecule has 9 nitrogen and oxygen atoms in total. The number of ether oxygens (including phenoxy) is 1. The fourth-order valence-corrected chi connectivity index (χ4v) is 5.56. The van der Waals surface area contributed by atoms with Crippen molar-refractivity contribution in [1.29, 1.82) is 0 Å². The van der Waals surface area contributed by atoms with Gasteiger partial charge in [-0.25, -0.2) is 13.9 Å². The highest BCUT2D eigenvalue weighted by atomic mass is 35.5. The molecule has 1 aromatic carbocycles. The molecule has 1 heterocycles. The van der Waals surface area contributed by atoms with Gasteiger partial charge in [0, 0.05) is 32.7 Å². The SMILES string of the molecule is CC#CCOc1ccc(S(=O)(=O)N(CCCN2CCN(C)CC2)C(C(=O)NO)C(C)C)cc1.Cl. The highest BCUT2D eigenvalue weighted by Crippen LogP contribution is 2.25. The van der Waals surface area contributed by atoms with Crippen LogP contribution in [0.1, 0.15) is 27.2 Å². The number of carbonyl (C=O) groups excluding carboxylic acids is 1. The Bertz CT molecular complexity index is 923. The number of likely N-dealkylation sites (N-methyl/N-ethyl adjacent to an activating group) is 1. The molecule has 0 saturated carbocycles. The minimum atomic E-state index is -4.00. The summed E-state index contributed by atoms with van der Waals surface area (Å²) in [4.78, 5) is 17.1.